The monoisotopic (exact) mass is 259 g/mol. The lowest BCUT2D eigenvalue weighted by Gasteiger charge is -2.43. The van der Waals surface area contributed by atoms with E-state index in [9.17, 15) is 0 Å². The van der Waals surface area contributed by atoms with Gasteiger partial charge in [0.25, 0.3) is 0 Å². The summed E-state index contributed by atoms with van der Waals surface area (Å²) in [7, 11) is 0. The number of rotatable bonds is 3. The first-order valence-corrected chi connectivity index (χ1v) is 8.47. The molecule has 2 aliphatic rings. The molecule has 1 aliphatic carbocycles. The summed E-state index contributed by atoms with van der Waals surface area (Å²) in [6.45, 7) is 4.99. The maximum Gasteiger partial charge on any atom is 0.0158 e. The Balaban J connectivity index is 1.93. The zero-order chi connectivity index (χ0) is 11.4. The second kappa shape index (κ2) is 6.01. The number of thiol groups is 1. The van der Waals surface area contributed by atoms with E-state index in [1.165, 1.54) is 56.7 Å². The Hall–Kier alpha value is 0.660. The third kappa shape index (κ3) is 3.11. The van der Waals surface area contributed by atoms with Crippen LogP contribution in [0, 0.1) is 5.41 Å². The Morgan fingerprint density at radius 1 is 1.31 bits per heavy atom. The lowest BCUT2D eigenvalue weighted by atomic mass is 9.75. The van der Waals surface area contributed by atoms with Crippen LogP contribution >= 0.6 is 24.4 Å². The standard InChI is InChI=1S/C13H25NS2/c1-12-9-16-8-7-14(12)10-13(11-15)5-3-2-4-6-13/h12,15H,2-11H2,1H3. The van der Waals surface area contributed by atoms with Crippen molar-refractivity contribution >= 4 is 24.4 Å². The maximum atomic E-state index is 4.65. The molecule has 1 atom stereocenters. The van der Waals surface area contributed by atoms with Crippen molar-refractivity contribution in [2.24, 2.45) is 5.41 Å². The summed E-state index contributed by atoms with van der Waals surface area (Å²) in [6.07, 6.45) is 7.12. The van der Waals surface area contributed by atoms with Crippen LogP contribution in [0.2, 0.25) is 0 Å². The van der Waals surface area contributed by atoms with Crippen LogP contribution in [0.5, 0.6) is 0 Å². The number of thioether (sulfide) groups is 1. The lowest BCUT2D eigenvalue weighted by molar-refractivity contribution is 0.108. The van der Waals surface area contributed by atoms with E-state index in [0.717, 1.165) is 11.8 Å². The van der Waals surface area contributed by atoms with Crippen LogP contribution < -0.4 is 0 Å². The molecule has 0 aromatic rings. The Bertz CT molecular complexity index is 214. The van der Waals surface area contributed by atoms with Crippen molar-refractivity contribution in [2.45, 2.75) is 45.1 Å². The average Bonchev–Trinajstić information content (AvgIpc) is 2.33. The second-order valence-electron chi connectivity index (χ2n) is 5.61. The molecule has 1 unspecified atom stereocenters. The van der Waals surface area contributed by atoms with Gasteiger partial charge in [-0.25, -0.2) is 0 Å². The van der Waals surface area contributed by atoms with Gasteiger partial charge in [-0.2, -0.15) is 24.4 Å². The van der Waals surface area contributed by atoms with E-state index in [4.69, 9.17) is 0 Å². The molecule has 94 valence electrons. The average molecular weight is 259 g/mol. The molecule has 1 heterocycles. The minimum atomic E-state index is 0.539. The topological polar surface area (TPSA) is 3.24 Å². The minimum absolute atomic E-state index is 0.539. The maximum absolute atomic E-state index is 4.65. The molecular weight excluding hydrogens is 234 g/mol. The van der Waals surface area contributed by atoms with Gasteiger partial charge >= 0.3 is 0 Å². The van der Waals surface area contributed by atoms with Crippen molar-refractivity contribution in [1.82, 2.24) is 4.90 Å². The zero-order valence-corrected chi connectivity index (χ0v) is 12.2. The fourth-order valence-electron chi connectivity index (χ4n) is 3.10. The van der Waals surface area contributed by atoms with Crippen molar-refractivity contribution in [3.63, 3.8) is 0 Å². The fourth-order valence-corrected chi connectivity index (χ4v) is 4.59. The molecule has 0 aromatic carbocycles. The molecule has 0 N–H and O–H groups in total. The first-order valence-electron chi connectivity index (χ1n) is 6.68. The van der Waals surface area contributed by atoms with E-state index in [0.29, 0.717) is 5.41 Å². The van der Waals surface area contributed by atoms with Crippen LogP contribution in [0.25, 0.3) is 0 Å². The van der Waals surface area contributed by atoms with Crippen LogP contribution in [-0.4, -0.2) is 41.3 Å². The van der Waals surface area contributed by atoms with Gasteiger partial charge in [0, 0.05) is 30.6 Å². The van der Waals surface area contributed by atoms with E-state index in [2.05, 4.69) is 36.2 Å². The van der Waals surface area contributed by atoms with Gasteiger partial charge in [-0.3, -0.25) is 4.90 Å². The second-order valence-corrected chi connectivity index (χ2v) is 7.08. The van der Waals surface area contributed by atoms with Gasteiger partial charge in [-0.1, -0.05) is 19.3 Å². The van der Waals surface area contributed by atoms with Crippen LogP contribution in [0.1, 0.15) is 39.0 Å². The van der Waals surface area contributed by atoms with Gasteiger partial charge in [0.2, 0.25) is 0 Å². The molecule has 0 amide bonds. The first kappa shape index (κ1) is 13.1. The SMILES string of the molecule is CC1CSCCN1CC1(CS)CCCCC1. The van der Waals surface area contributed by atoms with Crippen molar-refractivity contribution in [2.75, 3.05) is 30.3 Å². The van der Waals surface area contributed by atoms with E-state index in [-0.39, 0.29) is 0 Å². The third-order valence-corrected chi connectivity index (χ3v) is 6.15. The zero-order valence-electron chi connectivity index (χ0n) is 10.5. The van der Waals surface area contributed by atoms with Crippen molar-refractivity contribution < 1.29 is 0 Å². The molecule has 0 spiro atoms. The van der Waals surface area contributed by atoms with E-state index in [1.54, 1.807) is 0 Å². The lowest BCUT2D eigenvalue weighted by Crippen LogP contribution is -2.48. The Morgan fingerprint density at radius 2 is 2.06 bits per heavy atom. The molecule has 2 rings (SSSR count). The van der Waals surface area contributed by atoms with Crippen molar-refractivity contribution in [3.8, 4) is 0 Å². The number of nitrogens with zero attached hydrogens (tertiary/aromatic N) is 1. The van der Waals surface area contributed by atoms with Gasteiger partial charge in [-0.15, -0.1) is 0 Å². The highest BCUT2D eigenvalue weighted by Gasteiger charge is 2.34. The Kier molecular flexibility index (Phi) is 4.92. The summed E-state index contributed by atoms with van der Waals surface area (Å²) < 4.78 is 0. The molecule has 0 radical (unpaired) electrons. The molecule has 1 aliphatic heterocycles. The van der Waals surface area contributed by atoms with Crippen molar-refractivity contribution in [3.05, 3.63) is 0 Å². The normalized spacial score (nSPS) is 31.5. The predicted molar refractivity (Wildman–Crippen MR) is 77.7 cm³/mol. The number of hydrogen-bond acceptors (Lipinski definition) is 3. The molecule has 1 saturated carbocycles. The van der Waals surface area contributed by atoms with Crippen molar-refractivity contribution in [1.29, 1.82) is 0 Å². The van der Waals surface area contributed by atoms with E-state index < -0.39 is 0 Å². The van der Waals surface area contributed by atoms with E-state index in [1.807, 2.05) is 0 Å². The van der Waals surface area contributed by atoms with Gasteiger partial charge in [0.1, 0.15) is 0 Å². The highest BCUT2D eigenvalue weighted by Crippen LogP contribution is 2.38. The molecule has 1 nitrogen and oxygen atoms in total. The van der Waals surface area contributed by atoms with Gasteiger partial charge in [0.05, 0.1) is 0 Å². The highest BCUT2D eigenvalue weighted by atomic mass is 32.2. The molecule has 0 bridgehead atoms. The van der Waals surface area contributed by atoms with Crippen LogP contribution in [0.15, 0.2) is 0 Å². The largest absolute Gasteiger partial charge is 0.298 e. The smallest absolute Gasteiger partial charge is 0.0158 e. The van der Waals surface area contributed by atoms with Gasteiger partial charge < -0.3 is 0 Å². The van der Waals surface area contributed by atoms with Gasteiger partial charge in [-0.05, 0) is 30.9 Å². The third-order valence-electron chi connectivity index (χ3n) is 4.29. The van der Waals surface area contributed by atoms with Crippen LogP contribution in [-0.2, 0) is 0 Å². The molecule has 3 heteroatoms. The molecule has 2 fully saturated rings. The van der Waals surface area contributed by atoms with E-state index >= 15 is 0 Å². The quantitative estimate of drug-likeness (QED) is 0.775. The summed E-state index contributed by atoms with van der Waals surface area (Å²) in [5, 5.41) is 0. The summed E-state index contributed by atoms with van der Waals surface area (Å²) in [5.74, 6) is 3.74. The molecule has 1 saturated heterocycles. The molecular formula is C13H25NS2. The predicted octanol–water partition coefficient (Wildman–Crippen LogP) is 3.30. The minimum Gasteiger partial charge on any atom is -0.298 e. The van der Waals surface area contributed by atoms with Crippen LogP contribution in [0.3, 0.4) is 0 Å². The molecule has 0 aromatic heterocycles. The van der Waals surface area contributed by atoms with Gasteiger partial charge in [0.15, 0.2) is 0 Å². The summed E-state index contributed by atoms with van der Waals surface area (Å²) in [6, 6.07) is 0.775. The summed E-state index contributed by atoms with van der Waals surface area (Å²) in [5.41, 5.74) is 0.539. The fraction of sp³-hybridized carbons (Fsp3) is 1.00. The first-order chi connectivity index (χ1) is 7.76. The van der Waals surface area contributed by atoms with Crippen LogP contribution in [0.4, 0.5) is 0 Å². The Labute approximate surface area is 110 Å². The highest BCUT2D eigenvalue weighted by molar-refractivity contribution is 7.99. The number of hydrogen-bond donors (Lipinski definition) is 1. The summed E-state index contributed by atoms with van der Waals surface area (Å²) >= 11 is 6.76. The molecule has 16 heavy (non-hydrogen) atoms. The summed E-state index contributed by atoms with van der Waals surface area (Å²) in [4.78, 5) is 2.72. The Morgan fingerprint density at radius 3 is 2.69 bits per heavy atom.